The van der Waals surface area contributed by atoms with E-state index in [4.69, 9.17) is 16.3 Å². The fourth-order valence-corrected chi connectivity index (χ4v) is 1.13. The molecule has 0 amide bonds. The fraction of sp³-hybridized carbons (Fsp3) is 0.300. The quantitative estimate of drug-likeness (QED) is 0.551. The van der Waals surface area contributed by atoms with Gasteiger partial charge in [-0.2, -0.15) is 0 Å². The Morgan fingerprint density at radius 3 is 2.77 bits per heavy atom. The van der Waals surface area contributed by atoms with E-state index in [9.17, 15) is 4.79 Å². The predicted octanol–water partition coefficient (Wildman–Crippen LogP) is 2.51. The van der Waals surface area contributed by atoms with Crippen LogP contribution in [0.4, 0.5) is 0 Å². The summed E-state index contributed by atoms with van der Waals surface area (Å²) < 4.78 is 4.99. The van der Waals surface area contributed by atoms with Crippen molar-refractivity contribution in [2.24, 2.45) is 0 Å². The highest BCUT2D eigenvalue weighted by Crippen LogP contribution is 2.15. The zero-order chi connectivity index (χ0) is 9.84. The molecule has 0 aliphatic carbocycles. The number of benzene rings is 1. The molecule has 2 nitrogen and oxygen atoms in total. The van der Waals surface area contributed by atoms with Crippen LogP contribution in [0.25, 0.3) is 0 Å². The molecule has 0 radical (unpaired) electrons. The Hall–Kier alpha value is -1.02. The summed E-state index contributed by atoms with van der Waals surface area (Å²) in [5.74, 6) is 0.587. The van der Waals surface area contributed by atoms with Gasteiger partial charge < -0.3 is 4.74 Å². The number of hydrogen-bond acceptors (Lipinski definition) is 2. The summed E-state index contributed by atoms with van der Waals surface area (Å²) in [5.41, 5.74) is 0.585. The van der Waals surface area contributed by atoms with Crippen molar-refractivity contribution in [2.45, 2.75) is 12.3 Å². The zero-order valence-electron chi connectivity index (χ0n) is 7.58. The average molecular weight is 199 g/mol. The average Bonchev–Trinajstić information content (AvgIpc) is 2.16. The smallest absolute Gasteiger partial charge is 0.180 e. The monoisotopic (exact) mass is 198 g/mol. The third-order valence-corrected chi connectivity index (χ3v) is 1.91. The van der Waals surface area contributed by atoms with E-state index in [1.807, 2.05) is 0 Å². The molecule has 0 heterocycles. The molecular formula is C10H11ClO2. The number of ether oxygens (including phenoxy) is 1. The Morgan fingerprint density at radius 1 is 1.54 bits per heavy atom. The highest BCUT2D eigenvalue weighted by Gasteiger charge is 2.12. The molecule has 3 heteroatoms. The minimum Gasteiger partial charge on any atom is -0.497 e. The van der Waals surface area contributed by atoms with Crippen molar-refractivity contribution in [1.29, 1.82) is 0 Å². The number of alkyl halides is 1. The van der Waals surface area contributed by atoms with Crippen LogP contribution in [0.15, 0.2) is 24.3 Å². The number of carbonyl (C=O) groups is 1. The maximum atomic E-state index is 11.4. The highest BCUT2D eigenvalue weighted by atomic mass is 35.5. The first-order valence-electron chi connectivity index (χ1n) is 3.97. The maximum Gasteiger partial charge on any atom is 0.180 e. The molecule has 70 valence electrons. The number of rotatable bonds is 3. The molecule has 0 saturated carbocycles. The second-order valence-corrected chi connectivity index (χ2v) is 3.37. The van der Waals surface area contributed by atoms with Crippen molar-refractivity contribution in [1.82, 2.24) is 0 Å². The Morgan fingerprint density at radius 2 is 2.23 bits per heavy atom. The van der Waals surface area contributed by atoms with E-state index < -0.39 is 5.38 Å². The van der Waals surface area contributed by atoms with Gasteiger partial charge in [0.1, 0.15) is 5.75 Å². The number of hydrogen-bond donors (Lipinski definition) is 0. The maximum absolute atomic E-state index is 11.4. The first-order valence-corrected chi connectivity index (χ1v) is 4.41. The summed E-state index contributed by atoms with van der Waals surface area (Å²) in [6.45, 7) is 1.66. The van der Waals surface area contributed by atoms with Crippen LogP contribution < -0.4 is 4.74 Å². The van der Waals surface area contributed by atoms with Crippen molar-refractivity contribution in [3.8, 4) is 5.75 Å². The highest BCUT2D eigenvalue weighted by molar-refractivity contribution is 6.33. The molecule has 1 aromatic rings. The van der Waals surface area contributed by atoms with E-state index in [0.29, 0.717) is 11.3 Å². The van der Waals surface area contributed by atoms with Crippen LogP contribution >= 0.6 is 11.6 Å². The van der Waals surface area contributed by atoms with Gasteiger partial charge in [-0.25, -0.2) is 0 Å². The largest absolute Gasteiger partial charge is 0.497 e. The molecule has 13 heavy (non-hydrogen) atoms. The van der Waals surface area contributed by atoms with Gasteiger partial charge in [-0.3, -0.25) is 4.79 Å². The van der Waals surface area contributed by atoms with Gasteiger partial charge in [0, 0.05) is 5.56 Å². The number of halogens is 1. The summed E-state index contributed by atoms with van der Waals surface area (Å²) in [7, 11) is 1.56. The molecular weight excluding hydrogens is 188 g/mol. The molecule has 0 saturated heterocycles. The lowest BCUT2D eigenvalue weighted by Gasteiger charge is -2.04. The van der Waals surface area contributed by atoms with Gasteiger partial charge >= 0.3 is 0 Å². The molecule has 1 rings (SSSR count). The Bertz CT molecular complexity index is 308. The molecule has 0 N–H and O–H groups in total. The van der Waals surface area contributed by atoms with Crippen LogP contribution in [0.5, 0.6) is 5.75 Å². The standard InChI is InChI=1S/C10H11ClO2/c1-7(11)10(12)8-4-3-5-9(6-8)13-2/h3-7H,1-2H3. The minimum atomic E-state index is -0.493. The van der Waals surface area contributed by atoms with Crippen LogP contribution in [0.2, 0.25) is 0 Å². The third kappa shape index (κ3) is 2.46. The molecule has 0 fully saturated rings. The molecule has 0 aliphatic rings. The summed E-state index contributed by atoms with van der Waals surface area (Å²) in [6.07, 6.45) is 0. The molecule has 0 aliphatic heterocycles. The van der Waals surface area contributed by atoms with Crippen LogP contribution in [0.3, 0.4) is 0 Å². The number of Topliss-reactive ketones (excluding diaryl/α,β-unsaturated/α-hetero) is 1. The van der Waals surface area contributed by atoms with E-state index in [1.165, 1.54) is 0 Å². The van der Waals surface area contributed by atoms with E-state index in [2.05, 4.69) is 0 Å². The topological polar surface area (TPSA) is 26.3 Å². The second kappa shape index (κ2) is 4.28. The Labute approximate surface area is 82.5 Å². The van der Waals surface area contributed by atoms with Gasteiger partial charge in [0.2, 0.25) is 0 Å². The molecule has 0 aromatic heterocycles. The van der Waals surface area contributed by atoms with Crippen molar-refractivity contribution < 1.29 is 9.53 Å². The van der Waals surface area contributed by atoms with Crippen LogP contribution in [-0.4, -0.2) is 18.3 Å². The van der Waals surface area contributed by atoms with E-state index in [-0.39, 0.29) is 5.78 Å². The van der Waals surface area contributed by atoms with Gasteiger partial charge in [-0.1, -0.05) is 12.1 Å². The molecule has 1 atom stereocenters. The number of ketones is 1. The summed E-state index contributed by atoms with van der Waals surface area (Å²) in [5, 5.41) is -0.493. The van der Waals surface area contributed by atoms with Crippen molar-refractivity contribution >= 4 is 17.4 Å². The Kier molecular flexibility index (Phi) is 3.32. The van der Waals surface area contributed by atoms with Crippen LogP contribution in [0.1, 0.15) is 17.3 Å². The molecule has 0 bridgehead atoms. The number of methoxy groups -OCH3 is 1. The lowest BCUT2D eigenvalue weighted by atomic mass is 10.1. The van der Waals surface area contributed by atoms with Gasteiger partial charge in [-0.05, 0) is 19.1 Å². The lowest BCUT2D eigenvalue weighted by molar-refractivity contribution is 0.0991. The van der Waals surface area contributed by atoms with Gasteiger partial charge in [0.25, 0.3) is 0 Å². The van der Waals surface area contributed by atoms with Gasteiger partial charge in [-0.15, -0.1) is 11.6 Å². The lowest BCUT2D eigenvalue weighted by Crippen LogP contribution is -2.10. The minimum absolute atomic E-state index is 0.0828. The van der Waals surface area contributed by atoms with Crippen LogP contribution in [0, 0.1) is 0 Å². The van der Waals surface area contributed by atoms with Crippen LogP contribution in [-0.2, 0) is 0 Å². The summed E-state index contributed by atoms with van der Waals surface area (Å²) in [4.78, 5) is 11.4. The van der Waals surface area contributed by atoms with E-state index in [0.717, 1.165) is 0 Å². The van der Waals surface area contributed by atoms with Gasteiger partial charge in [0.15, 0.2) is 5.78 Å². The van der Waals surface area contributed by atoms with E-state index in [1.54, 1.807) is 38.3 Å². The summed E-state index contributed by atoms with van der Waals surface area (Å²) in [6, 6.07) is 6.96. The zero-order valence-corrected chi connectivity index (χ0v) is 8.34. The summed E-state index contributed by atoms with van der Waals surface area (Å²) >= 11 is 5.67. The first kappa shape index (κ1) is 10.1. The van der Waals surface area contributed by atoms with Gasteiger partial charge in [0.05, 0.1) is 12.5 Å². The van der Waals surface area contributed by atoms with Crippen molar-refractivity contribution in [3.63, 3.8) is 0 Å². The molecule has 1 aromatic carbocycles. The van der Waals surface area contributed by atoms with Crippen molar-refractivity contribution in [2.75, 3.05) is 7.11 Å². The third-order valence-electron chi connectivity index (χ3n) is 1.72. The fourth-order valence-electron chi connectivity index (χ4n) is 1.01. The molecule has 1 unspecified atom stereocenters. The predicted molar refractivity (Wildman–Crippen MR) is 52.6 cm³/mol. The van der Waals surface area contributed by atoms with Crippen molar-refractivity contribution in [3.05, 3.63) is 29.8 Å². The number of carbonyl (C=O) groups excluding carboxylic acids is 1. The first-order chi connectivity index (χ1) is 6.15. The normalized spacial score (nSPS) is 12.2. The molecule has 0 spiro atoms. The Balaban J connectivity index is 2.95. The second-order valence-electron chi connectivity index (χ2n) is 2.71. The SMILES string of the molecule is COc1cccc(C(=O)C(C)Cl)c1. The van der Waals surface area contributed by atoms with E-state index >= 15 is 0 Å².